The molecule has 0 radical (unpaired) electrons. The second kappa shape index (κ2) is 6.72. The molecule has 0 bridgehead atoms. The standard InChI is InChI=1S/C16H23N3O2/c1-18-14(20)10-12-4-6-13(7-5-12)19-15(21)16(11-17)8-2-3-9-16/h4-7H,2-3,8-11,17H2,1H3,(H,18,20)(H,19,21). The summed E-state index contributed by atoms with van der Waals surface area (Å²) >= 11 is 0. The summed E-state index contributed by atoms with van der Waals surface area (Å²) in [6.07, 6.45) is 4.21. The SMILES string of the molecule is CNC(=O)Cc1ccc(NC(=O)C2(CN)CCCC2)cc1. The van der Waals surface area contributed by atoms with Crippen molar-refractivity contribution in [2.24, 2.45) is 11.1 Å². The van der Waals surface area contributed by atoms with Crippen LogP contribution in [0.15, 0.2) is 24.3 Å². The summed E-state index contributed by atoms with van der Waals surface area (Å²) < 4.78 is 0. The van der Waals surface area contributed by atoms with E-state index in [2.05, 4.69) is 10.6 Å². The van der Waals surface area contributed by atoms with Gasteiger partial charge in [0.15, 0.2) is 0 Å². The van der Waals surface area contributed by atoms with Crippen LogP contribution in [0.2, 0.25) is 0 Å². The molecule has 1 aromatic rings. The van der Waals surface area contributed by atoms with Gasteiger partial charge < -0.3 is 16.4 Å². The van der Waals surface area contributed by atoms with Crippen molar-refractivity contribution in [1.82, 2.24) is 5.32 Å². The van der Waals surface area contributed by atoms with Gasteiger partial charge in [-0.05, 0) is 30.5 Å². The predicted molar refractivity (Wildman–Crippen MR) is 82.8 cm³/mol. The maximum absolute atomic E-state index is 12.4. The molecular weight excluding hydrogens is 266 g/mol. The number of carbonyl (C=O) groups is 2. The van der Waals surface area contributed by atoms with Crippen molar-refractivity contribution >= 4 is 17.5 Å². The fourth-order valence-electron chi connectivity index (χ4n) is 2.82. The molecule has 2 rings (SSSR count). The largest absolute Gasteiger partial charge is 0.359 e. The molecule has 1 aromatic carbocycles. The molecular formula is C16H23N3O2. The van der Waals surface area contributed by atoms with E-state index in [4.69, 9.17) is 5.73 Å². The zero-order valence-corrected chi connectivity index (χ0v) is 12.4. The van der Waals surface area contributed by atoms with Crippen molar-refractivity contribution in [2.45, 2.75) is 32.1 Å². The van der Waals surface area contributed by atoms with E-state index < -0.39 is 5.41 Å². The van der Waals surface area contributed by atoms with Crippen LogP contribution in [-0.4, -0.2) is 25.4 Å². The molecule has 1 saturated carbocycles. The first-order valence-electron chi connectivity index (χ1n) is 7.41. The first-order chi connectivity index (χ1) is 10.1. The van der Waals surface area contributed by atoms with Crippen LogP contribution in [0.3, 0.4) is 0 Å². The lowest BCUT2D eigenvalue weighted by Gasteiger charge is -2.25. The minimum Gasteiger partial charge on any atom is -0.359 e. The summed E-state index contributed by atoms with van der Waals surface area (Å²) in [5, 5.41) is 5.54. The van der Waals surface area contributed by atoms with Crippen molar-refractivity contribution in [3.05, 3.63) is 29.8 Å². The molecule has 5 heteroatoms. The molecule has 5 nitrogen and oxygen atoms in total. The van der Waals surface area contributed by atoms with Gasteiger partial charge in [0.1, 0.15) is 0 Å². The summed E-state index contributed by atoms with van der Waals surface area (Å²) in [5.41, 5.74) is 7.08. The Morgan fingerprint density at radius 2 is 1.81 bits per heavy atom. The van der Waals surface area contributed by atoms with Gasteiger partial charge >= 0.3 is 0 Å². The van der Waals surface area contributed by atoms with Crippen LogP contribution in [0.25, 0.3) is 0 Å². The van der Waals surface area contributed by atoms with Crippen molar-refractivity contribution in [3.8, 4) is 0 Å². The monoisotopic (exact) mass is 289 g/mol. The van der Waals surface area contributed by atoms with Gasteiger partial charge in [-0.1, -0.05) is 25.0 Å². The van der Waals surface area contributed by atoms with Gasteiger partial charge in [-0.3, -0.25) is 9.59 Å². The molecule has 1 aliphatic carbocycles. The average Bonchev–Trinajstić information content (AvgIpc) is 2.99. The number of nitrogens with two attached hydrogens (primary N) is 1. The van der Waals surface area contributed by atoms with Crippen molar-refractivity contribution in [1.29, 1.82) is 0 Å². The third-order valence-corrected chi connectivity index (χ3v) is 4.29. The van der Waals surface area contributed by atoms with E-state index in [1.165, 1.54) is 0 Å². The van der Waals surface area contributed by atoms with Crippen LogP contribution in [0, 0.1) is 5.41 Å². The van der Waals surface area contributed by atoms with Gasteiger partial charge in [-0.2, -0.15) is 0 Å². The van der Waals surface area contributed by atoms with Crippen molar-refractivity contribution in [2.75, 3.05) is 18.9 Å². The number of amides is 2. The normalized spacial score (nSPS) is 16.5. The highest BCUT2D eigenvalue weighted by Gasteiger charge is 2.39. The van der Waals surface area contributed by atoms with Crippen LogP contribution in [0.4, 0.5) is 5.69 Å². The lowest BCUT2D eigenvalue weighted by atomic mass is 9.85. The minimum absolute atomic E-state index is 0.0153. The number of carbonyl (C=O) groups excluding carboxylic acids is 2. The number of hydrogen-bond acceptors (Lipinski definition) is 3. The Balaban J connectivity index is 1.99. The highest BCUT2D eigenvalue weighted by atomic mass is 16.2. The number of nitrogens with one attached hydrogen (secondary N) is 2. The van der Waals surface area contributed by atoms with Gasteiger partial charge in [0.05, 0.1) is 11.8 Å². The van der Waals surface area contributed by atoms with Gasteiger partial charge in [-0.25, -0.2) is 0 Å². The second-order valence-electron chi connectivity index (χ2n) is 5.69. The van der Waals surface area contributed by atoms with Crippen LogP contribution in [0.5, 0.6) is 0 Å². The average molecular weight is 289 g/mol. The number of benzene rings is 1. The topological polar surface area (TPSA) is 84.2 Å². The minimum atomic E-state index is -0.402. The third kappa shape index (κ3) is 3.61. The Kier molecular flexibility index (Phi) is 4.96. The molecule has 0 saturated heterocycles. The first-order valence-corrected chi connectivity index (χ1v) is 7.41. The summed E-state index contributed by atoms with van der Waals surface area (Å²) in [7, 11) is 1.62. The lowest BCUT2D eigenvalue weighted by Crippen LogP contribution is -2.40. The number of anilines is 1. The molecule has 0 spiro atoms. The summed E-state index contributed by atoms with van der Waals surface area (Å²) in [6.45, 7) is 0.396. The van der Waals surface area contributed by atoms with Crippen molar-refractivity contribution in [3.63, 3.8) is 0 Å². The van der Waals surface area contributed by atoms with Crippen molar-refractivity contribution < 1.29 is 9.59 Å². The van der Waals surface area contributed by atoms with E-state index in [1.807, 2.05) is 24.3 Å². The van der Waals surface area contributed by atoms with Gasteiger partial charge in [0.2, 0.25) is 11.8 Å². The molecule has 1 aliphatic rings. The highest BCUT2D eigenvalue weighted by Crippen LogP contribution is 2.38. The molecule has 114 valence electrons. The molecule has 0 aromatic heterocycles. The Hall–Kier alpha value is -1.88. The molecule has 2 amide bonds. The van der Waals surface area contributed by atoms with E-state index in [9.17, 15) is 9.59 Å². The number of rotatable bonds is 5. The summed E-state index contributed by atoms with van der Waals surface area (Å²) in [4.78, 5) is 23.7. The first kappa shape index (κ1) is 15.5. The molecule has 0 unspecified atom stereocenters. The van der Waals surface area contributed by atoms with E-state index in [0.29, 0.717) is 13.0 Å². The lowest BCUT2D eigenvalue weighted by molar-refractivity contribution is -0.125. The highest BCUT2D eigenvalue weighted by molar-refractivity contribution is 5.95. The van der Waals surface area contributed by atoms with Gasteiger partial charge in [0, 0.05) is 19.3 Å². The van der Waals surface area contributed by atoms with Crippen LogP contribution < -0.4 is 16.4 Å². The smallest absolute Gasteiger partial charge is 0.231 e. The fraction of sp³-hybridized carbons (Fsp3) is 0.500. The number of hydrogen-bond donors (Lipinski definition) is 3. The zero-order chi connectivity index (χ0) is 15.3. The number of likely N-dealkylation sites (N-methyl/N-ethyl adjacent to an activating group) is 1. The van der Waals surface area contributed by atoms with Gasteiger partial charge in [-0.15, -0.1) is 0 Å². The maximum Gasteiger partial charge on any atom is 0.231 e. The molecule has 0 heterocycles. The van der Waals surface area contributed by atoms with E-state index in [-0.39, 0.29) is 11.8 Å². The molecule has 1 fully saturated rings. The quantitative estimate of drug-likeness (QED) is 0.766. The van der Waals surface area contributed by atoms with E-state index in [0.717, 1.165) is 36.9 Å². The Morgan fingerprint density at radius 3 is 2.33 bits per heavy atom. The van der Waals surface area contributed by atoms with E-state index >= 15 is 0 Å². The van der Waals surface area contributed by atoms with Gasteiger partial charge in [0.25, 0.3) is 0 Å². The van der Waals surface area contributed by atoms with Crippen LogP contribution in [0.1, 0.15) is 31.2 Å². The second-order valence-corrected chi connectivity index (χ2v) is 5.69. The Morgan fingerprint density at radius 1 is 1.19 bits per heavy atom. The molecule has 21 heavy (non-hydrogen) atoms. The predicted octanol–water partition coefficient (Wildman–Crippen LogP) is 1.43. The zero-order valence-electron chi connectivity index (χ0n) is 12.4. The Bertz CT molecular complexity index is 505. The summed E-state index contributed by atoms with van der Waals surface area (Å²) in [6, 6.07) is 7.37. The fourth-order valence-corrected chi connectivity index (χ4v) is 2.82. The Labute approximate surface area is 125 Å². The van der Waals surface area contributed by atoms with Crippen LogP contribution in [-0.2, 0) is 16.0 Å². The maximum atomic E-state index is 12.4. The van der Waals surface area contributed by atoms with E-state index in [1.54, 1.807) is 7.05 Å². The third-order valence-electron chi connectivity index (χ3n) is 4.29. The molecule has 4 N–H and O–H groups in total. The summed E-state index contributed by atoms with van der Waals surface area (Å²) in [5.74, 6) is -0.0126. The molecule has 0 aliphatic heterocycles. The molecule has 0 atom stereocenters. The van der Waals surface area contributed by atoms with Crippen LogP contribution >= 0.6 is 0 Å².